The molecule has 0 aliphatic carbocycles. The van der Waals surface area contributed by atoms with Gasteiger partial charge in [-0.1, -0.05) is 29.8 Å². The molecule has 0 amide bonds. The van der Waals surface area contributed by atoms with E-state index in [1.54, 1.807) is 10.7 Å². The quantitative estimate of drug-likeness (QED) is 0.868. The average Bonchev–Trinajstić information content (AvgIpc) is 2.75. The Morgan fingerprint density at radius 3 is 2.83 bits per heavy atom. The van der Waals surface area contributed by atoms with Crippen molar-refractivity contribution < 1.29 is 5.11 Å². The lowest BCUT2D eigenvalue weighted by Gasteiger charge is -2.13. The highest BCUT2D eigenvalue weighted by Gasteiger charge is 2.10. The highest BCUT2D eigenvalue weighted by atomic mass is 35.5. The molecule has 1 aromatic carbocycles. The molecular formula is C13H16ClN3O. The number of nitrogens with one attached hydrogen (secondary N) is 1. The third kappa shape index (κ3) is 3.32. The van der Waals surface area contributed by atoms with E-state index in [0.717, 1.165) is 11.3 Å². The Kier molecular flexibility index (Phi) is 4.36. The molecule has 0 radical (unpaired) electrons. The van der Waals surface area contributed by atoms with Crippen LogP contribution in [0.5, 0.6) is 0 Å². The number of aryl methyl sites for hydroxylation is 1. The number of halogens is 1. The van der Waals surface area contributed by atoms with Crippen LogP contribution in [0, 0.1) is 0 Å². The maximum Gasteiger partial charge on any atom is 0.0928 e. The van der Waals surface area contributed by atoms with E-state index in [0.29, 0.717) is 18.1 Å². The number of hydrogen-bond acceptors (Lipinski definition) is 3. The standard InChI is InChI=1S/C13H16ClN3O/c1-17-7-6-10(16-17)8-15-9-13(18)11-4-2-3-5-12(11)14/h2-7,13,15,18H,8-9H2,1H3. The van der Waals surface area contributed by atoms with Crippen molar-refractivity contribution in [2.24, 2.45) is 7.05 Å². The van der Waals surface area contributed by atoms with Gasteiger partial charge in [-0.3, -0.25) is 4.68 Å². The van der Waals surface area contributed by atoms with Crippen LogP contribution in [0.25, 0.3) is 0 Å². The van der Waals surface area contributed by atoms with Gasteiger partial charge in [-0.25, -0.2) is 0 Å². The molecule has 0 bridgehead atoms. The predicted molar refractivity (Wildman–Crippen MR) is 71.3 cm³/mol. The third-order valence-electron chi connectivity index (χ3n) is 2.68. The van der Waals surface area contributed by atoms with Gasteiger partial charge in [-0.2, -0.15) is 5.10 Å². The molecule has 2 aromatic rings. The Morgan fingerprint density at radius 1 is 1.39 bits per heavy atom. The summed E-state index contributed by atoms with van der Waals surface area (Å²) in [4.78, 5) is 0. The third-order valence-corrected chi connectivity index (χ3v) is 3.02. The minimum Gasteiger partial charge on any atom is -0.387 e. The number of aromatic nitrogens is 2. The Balaban J connectivity index is 1.85. The summed E-state index contributed by atoms with van der Waals surface area (Å²) in [7, 11) is 1.88. The molecule has 0 saturated carbocycles. The number of hydrogen-bond donors (Lipinski definition) is 2. The van der Waals surface area contributed by atoms with Crippen molar-refractivity contribution >= 4 is 11.6 Å². The van der Waals surface area contributed by atoms with Crippen molar-refractivity contribution in [2.75, 3.05) is 6.54 Å². The lowest BCUT2D eigenvalue weighted by atomic mass is 10.1. The summed E-state index contributed by atoms with van der Waals surface area (Å²) in [6.07, 6.45) is 1.28. The summed E-state index contributed by atoms with van der Waals surface area (Å²) >= 11 is 6.01. The van der Waals surface area contributed by atoms with Crippen LogP contribution in [0.2, 0.25) is 5.02 Å². The van der Waals surface area contributed by atoms with E-state index < -0.39 is 6.10 Å². The van der Waals surface area contributed by atoms with E-state index in [9.17, 15) is 5.11 Å². The van der Waals surface area contributed by atoms with Crippen molar-refractivity contribution in [2.45, 2.75) is 12.6 Å². The summed E-state index contributed by atoms with van der Waals surface area (Å²) in [5, 5.41) is 18.0. The second-order valence-corrected chi connectivity index (χ2v) is 4.56. The molecule has 4 nitrogen and oxygen atoms in total. The average molecular weight is 266 g/mol. The maximum atomic E-state index is 10.0. The minimum atomic E-state index is -0.609. The fraction of sp³-hybridized carbons (Fsp3) is 0.308. The van der Waals surface area contributed by atoms with Crippen molar-refractivity contribution in [1.82, 2.24) is 15.1 Å². The lowest BCUT2D eigenvalue weighted by Crippen LogP contribution is -2.21. The second kappa shape index (κ2) is 6.00. The van der Waals surface area contributed by atoms with E-state index in [1.165, 1.54) is 0 Å². The molecule has 18 heavy (non-hydrogen) atoms. The number of rotatable bonds is 5. The van der Waals surface area contributed by atoms with Gasteiger partial charge in [0.15, 0.2) is 0 Å². The summed E-state index contributed by atoms with van der Waals surface area (Å²) in [6.45, 7) is 1.07. The molecule has 2 N–H and O–H groups in total. The first-order valence-electron chi connectivity index (χ1n) is 5.78. The Labute approximate surface area is 111 Å². The zero-order valence-corrected chi connectivity index (χ0v) is 10.9. The zero-order chi connectivity index (χ0) is 13.0. The maximum absolute atomic E-state index is 10.0. The van der Waals surface area contributed by atoms with E-state index in [4.69, 9.17) is 11.6 Å². The Morgan fingerprint density at radius 2 is 2.17 bits per heavy atom. The molecule has 1 atom stereocenters. The molecule has 1 heterocycles. The molecule has 0 saturated heterocycles. The largest absolute Gasteiger partial charge is 0.387 e. The van der Waals surface area contributed by atoms with Gasteiger partial charge >= 0.3 is 0 Å². The fourth-order valence-corrected chi connectivity index (χ4v) is 2.01. The molecule has 0 spiro atoms. The van der Waals surface area contributed by atoms with Crippen LogP contribution < -0.4 is 5.32 Å². The first-order chi connectivity index (χ1) is 8.66. The van der Waals surface area contributed by atoms with Crippen molar-refractivity contribution in [3.8, 4) is 0 Å². The topological polar surface area (TPSA) is 50.1 Å². The molecule has 96 valence electrons. The Bertz CT molecular complexity index is 512. The van der Waals surface area contributed by atoms with E-state index in [-0.39, 0.29) is 0 Å². The van der Waals surface area contributed by atoms with E-state index >= 15 is 0 Å². The van der Waals surface area contributed by atoms with Crippen molar-refractivity contribution in [3.63, 3.8) is 0 Å². The summed E-state index contributed by atoms with van der Waals surface area (Å²) in [6, 6.07) is 9.26. The predicted octanol–water partition coefficient (Wildman–Crippen LogP) is 1.90. The van der Waals surface area contributed by atoms with Gasteiger partial charge in [-0.05, 0) is 12.1 Å². The monoisotopic (exact) mass is 265 g/mol. The molecule has 1 unspecified atom stereocenters. The van der Waals surface area contributed by atoms with Crippen LogP contribution in [0.15, 0.2) is 36.5 Å². The smallest absolute Gasteiger partial charge is 0.0928 e. The molecule has 1 aromatic heterocycles. The molecule has 2 rings (SSSR count). The van der Waals surface area contributed by atoms with Crippen LogP contribution >= 0.6 is 11.6 Å². The zero-order valence-electron chi connectivity index (χ0n) is 10.2. The first kappa shape index (κ1) is 13.1. The van der Waals surface area contributed by atoms with Gasteiger partial charge in [0, 0.05) is 36.9 Å². The number of aliphatic hydroxyl groups excluding tert-OH is 1. The summed E-state index contributed by atoms with van der Waals surface area (Å²) in [5.41, 5.74) is 1.69. The fourth-order valence-electron chi connectivity index (χ4n) is 1.75. The molecule has 0 aliphatic rings. The van der Waals surface area contributed by atoms with Gasteiger partial charge in [0.05, 0.1) is 11.8 Å². The van der Waals surface area contributed by atoms with Gasteiger partial charge in [-0.15, -0.1) is 0 Å². The Hall–Kier alpha value is -1.36. The van der Waals surface area contributed by atoms with Crippen LogP contribution in [0.1, 0.15) is 17.4 Å². The van der Waals surface area contributed by atoms with Crippen LogP contribution in [0.4, 0.5) is 0 Å². The first-order valence-corrected chi connectivity index (χ1v) is 6.16. The normalized spacial score (nSPS) is 12.6. The molecule has 0 fully saturated rings. The molecule has 0 aliphatic heterocycles. The molecule has 5 heteroatoms. The highest BCUT2D eigenvalue weighted by molar-refractivity contribution is 6.31. The van der Waals surface area contributed by atoms with Crippen molar-refractivity contribution in [3.05, 3.63) is 52.8 Å². The van der Waals surface area contributed by atoms with Crippen LogP contribution in [-0.2, 0) is 13.6 Å². The number of benzene rings is 1. The van der Waals surface area contributed by atoms with Gasteiger partial charge in [0.25, 0.3) is 0 Å². The van der Waals surface area contributed by atoms with Crippen LogP contribution in [-0.4, -0.2) is 21.4 Å². The lowest BCUT2D eigenvalue weighted by molar-refractivity contribution is 0.174. The number of aliphatic hydroxyl groups is 1. The van der Waals surface area contributed by atoms with Crippen LogP contribution in [0.3, 0.4) is 0 Å². The minimum absolute atomic E-state index is 0.445. The summed E-state index contributed by atoms with van der Waals surface area (Å²) in [5.74, 6) is 0. The van der Waals surface area contributed by atoms with Gasteiger partial charge in [0.1, 0.15) is 0 Å². The highest BCUT2D eigenvalue weighted by Crippen LogP contribution is 2.21. The van der Waals surface area contributed by atoms with Gasteiger partial charge in [0.2, 0.25) is 0 Å². The second-order valence-electron chi connectivity index (χ2n) is 4.15. The number of nitrogens with zero attached hydrogens (tertiary/aromatic N) is 2. The van der Waals surface area contributed by atoms with E-state index in [2.05, 4.69) is 10.4 Å². The van der Waals surface area contributed by atoms with Crippen molar-refractivity contribution in [1.29, 1.82) is 0 Å². The van der Waals surface area contributed by atoms with Gasteiger partial charge < -0.3 is 10.4 Å². The van der Waals surface area contributed by atoms with E-state index in [1.807, 2.05) is 37.5 Å². The summed E-state index contributed by atoms with van der Waals surface area (Å²) < 4.78 is 1.75. The SMILES string of the molecule is Cn1ccc(CNCC(O)c2ccccc2Cl)n1. The molecular weight excluding hydrogens is 250 g/mol.